The maximum Gasteiger partial charge on any atom is 0.246 e. The van der Waals surface area contributed by atoms with Gasteiger partial charge in [0.05, 0.1) is 5.75 Å². The largest absolute Gasteiger partial charge is 0.324 e. The second-order valence-electron chi connectivity index (χ2n) is 7.55. The van der Waals surface area contributed by atoms with E-state index in [-0.39, 0.29) is 12.5 Å². The highest BCUT2D eigenvalue weighted by molar-refractivity contribution is 7.98. The molecular formula is C25H24N4OS2. The zero-order valence-corrected chi connectivity index (χ0v) is 19.6. The molecule has 0 saturated heterocycles. The van der Waals surface area contributed by atoms with Crippen LogP contribution in [0.2, 0.25) is 0 Å². The molecule has 1 amide bonds. The molecule has 4 rings (SSSR count). The molecule has 0 aliphatic carbocycles. The van der Waals surface area contributed by atoms with Crippen molar-refractivity contribution < 1.29 is 4.79 Å². The maximum atomic E-state index is 12.7. The molecule has 0 fully saturated rings. The van der Waals surface area contributed by atoms with Crippen LogP contribution in [0, 0.1) is 18.6 Å². The van der Waals surface area contributed by atoms with E-state index < -0.39 is 0 Å². The number of thioether (sulfide) groups is 1. The van der Waals surface area contributed by atoms with Crippen molar-refractivity contribution in [1.82, 2.24) is 14.3 Å². The minimum Gasteiger partial charge on any atom is -0.324 e. The number of para-hydroxylation sites is 1. The number of anilines is 1. The third-order valence-corrected chi connectivity index (χ3v) is 6.31. The molecule has 1 N–H and O–H groups in total. The summed E-state index contributed by atoms with van der Waals surface area (Å²) in [6.45, 7) is 4.12. The lowest BCUT2D eigenvalue weighted by Gasteiger charge is -2.07. The number of carbonyl (C=O) groups excluding carboxylic acids is 1. The first-order chi connectivity index (χ1) is 15.5. The summed E-state index contributed by atoms with van der Waals surface area (Å²) in [6, 6.07) is 26.0. The number of benzene rings is 3. The van der Waals surface area contributed by atoms with E-state index in [1.807, 2.05) is 66.1 Å². The van der Waals surface area contributed by atoms with E-state index in [1.54, 1.807) is 16.4 Å². The van der Waals surface area contributed by atoms with Crippen molar-refractivity contribution in [3.63, 3.8) is 0 Å². The molecule has 32 heavy (non-hydrogen) atoms. The molecule has 0 bridgehead atoms. The Morgan fingerprint density at radius 3 is 2.44 bits per heavy atom. The van der Waals surface area contributed by atoms with E-state index in [4.69, 9.17) is 17.3 Å². The quantitative estimate of drug-likeness (QED) is 0.273. The van der Waals surface area contributed by atoms with Crippen LogP contribution in [0.25, 0.3) is 5.69 Å². The van der Waals surface area contributed by atoms with E-state index in [1.165, 1.54) is 5.56 Å². The molecule has 0 atom stereocenters. The van der Waals surface area contributed by atoms with Gasteiger partial charge >= 0.3 is 0 Å². The van der Waals surface area contributed by atoms with Gasteiger partial charge in [0.2, 0.25) is 10.7 Å². The van der Waals surface area contributed by atoms with Crippen LogP contribution in [0.4, 0.5) is 5.69 Å². The smallest absolute Gasteiger partial charge is 0.246 e. The number of hydrogen-bond acceptors (Lipinski definition) is 4. The summed E-state index contributed by atoms with van der Waals surface area (Å²) in [5.41, 5.74) is 4.01. The van der Waals surface area contributed by atoms with Gasteiger partial charge in [0.15, 0.2) is 0 Å². The number of hydrogen-bond donors (Lipinski definition) is 1. The van der Waals surface area contributed by atoms with Crippen molar-refractivity contribution >= 4 is 35.6 Å². The number of aryl methyl sites for hydroxylation is 2. The number of rotatable bonds is 7. The molecule has 1 heterocycles. The predicted octanol–water partition coefficient (Wildman–Crippen LogP) is 5.95. The van der Waals surface area contributed by atoms with Crippen LogP contribution < -0.4 is 5.32 Å². The van der Waals surface area contributed by atoms with Gasteiger partial charge in [0.1, 0.15) is 12.4 Å². The molecule has 0 radical (unpaired) electrons. The number of carbonyl (C=O) groups is 1. The molecule has 7 heteroatoms. The lowest BCUT2D eigenvalue weighted by Crippen LogP contribution is -2.20. The summed E-state index contributed by atoms with van der Waals surface area (Å²) in [5, 5.41) is 7.64. The second-order valence-corrected chi connectivity index (χ2v) is 8.96. The van der Waals surface area contributed by atoms with Crippen molar-refractivity contribution in [3.05, 3.63) is 101 Å². The fourth-order valence-electron chi connectivity index (χ4n) is 3.33. The van der Waals surface area contributed by atoms with Gasteiger partial charge in [-0.15, -0.1) is 11.8 Å². The Labute approximate surface area is 197 Å². The molecule has 3 aromatic carbocycles. The minimum atomic E-state index is -0.165. The fraction of sp³-hybridized carbons (Fsp3) is 0.160. The van der Waals surface area contributed by atoms with Crippen LogP contribution in [0.3, 0.4) is 0 Å². The molecule has 1 aromatic heterocycles. The molecule has 4 aromatic rings. The van der Waals surface area contributed by atoms with E-state index >= 15 is 0 Å². The van der Waals surface area contributed by atoms with Crippen LogP contribution in [0.1, 0.15) is 17.0 Å². The van der Waals surface area contributed by atoms with E-state index in [9.17, 15) is 4.79 Å². The molecule has 162 valence electrons. The van der Waals surface area contributed by atoms with Crippen LogP contribution in [-0.4, -0.2) is 20.3 Å². The summed E-state index contributed by atoms with van der Waals surface area (Å²) in [7, 11) is 0. The van der Waals surface area contributed by atoms with Crippen LogP contribution in [0.5, 0.6) is 0 Å². The van der Waals surface area contributed by atoms with Crippen molar-refractivity contribution in [2.45, 2.75) is 31.0 Å². The third kappa shape index (κ3) is 5.36. The Morgan fingerprint density at radius 1 is 0.969 bits per heavy atom. The highest BCUT2D eigenvalue weighted by atomic mass is 32.2. The summed E-state index contributed by atoms with van der Waals surface area (Å²) in [5.74, 6) is 1.27. The first kappa shape index (κ1) is 22.0. The molecule has 0 aliphatic heterocycles. The Hall–Kier alpha value is -3.16. The van der Waals surface area contributed by atoms with Crippen LogP contribution in [-0.2, 0) is 17.1 Å². The average molecular weight is 461 g/mol. The Balaban J connectivity index is 1.59. The lowest BCUT2D eigenvalue weighted by atomic mass is 10.2. The molecule has 0 saturated carbocycles. The molecular weight excluding hydrogens is 436 g/mol. The van der Waals surface area contributed by atoms with Crippen molar-refractivity contribution in [2.75, 3.05) is 5.32 Å². The molecule has 0 spiro atoms. The second kappa shape index (κ2) is 9.97. The number of amides is 1. The monoisotopic (exact) mass is 460 g/mol. The van der Waals surface area contributed by atoms with Gasteiger partial charge in [-0.1, -0.05) is 48.0 Å². The zero-order valence-electron chi connectivity index (χ0n) is 18.0. The summed E-state index contributed by atoms with van der Waals surface area (Å²) in [6.07, 6.45) is 0. The van der Waals surface area contributed by atoms with Gasteiger partial charge in [-0.2, -0.15) is 5.10 Å². The highest BCUT2D eigenvalue weighted by Gasteiger charge is 2.15. The average Bonchev–Trinajstić information content (AvgIpc) is 3.08. The summed E-state index contributed by atoms with van der Waals surface area (Å²) < 4.78 is 4.03. The number of aromatic nitrogens is 3. The van der Waals surface area contributed by atoms with Gasteiger partial charge in [0, 0.05) is 16.3 Å². The lowest BCUT2D eigenvalue weighted by molar-refractivity contribution is -0.116. The first-order valence-corrected chi connectivity index (χ1v) is 11.7. The van der Waals surface area contributed by atoms with E-state index in [0.29, 0.717) is 10.5 Å². The summed E-state index contributed by atoms with van der Waals surface area (Å²) in [4.78, 5) is 13.8. The number of nitrogens with one attached hydrogen (secondary N) is 1. The first-order valence-electron chi connectivity index (χ1n) is 10.3. The van der Waals surface area contributed by atoms with E-state index in [0.717, 1.165) is 27.7 Å². The molecule has 0 aliphatic rings. The Morgan fingerprint density at radius 2 is 1.72 bits per heavy atom. The molecule has 5 nitrogen and oxygen atoms in total. The molecule has 0 unspecified atom stereocenters. The van der Waals surface area contributed by atoms with Crippen molar-refractivity contribution in [2.24, 2.45) is 0 Å². The van der Waals surface area contributed by atoms with E-state index in [2.05, 4.69) is 36.5 Å². The Bertz CT molecular complexity index is 1280. The van der Waals surface area contributed by atoms with Gasteiger partial charge in [-0.25, -0.2) is 4.68 Å². The standard InChI is InChI=1S/C25H24N4OS2/c1-18-11-13-22(14-12-18)32-17-23-27-28(25(31)29(23)21-9-4-3-5-10-21)16-24(30)26-20-8-6-7-19(2)15-20/h3-15H,16-17H2,1-2H3,(H,26,30). The van der Waals surface area contributed by atoms with Gasteiger partial charge in [0.25, 0.3) is 0 Å². The Kier molecular flexibility index (Phi) is 6.87. The zero-order chi connectivity index (χ0) is 22.5. The van der Waals surface area contributed by atoms with Crippen LogP contribution in [0.15, 0.2) is 83.8 Å². The third-order valence-electron chi connectivity index (χ3n) is 4.90. The number of nitrogens with zero attached hydrogens (tertiary/aromatic N) is 3. The van der Waals surface area contributed by atoms with Gasteiger partial charge in [-0.05, 0) is 68.0 Å². The minimum absolute atomic E-state index is 0.0504. The van der Waals surface area contributed by atoms with Crippen molar-refractivity contribution in [3.8, 4) is 5.69 Å². The maximum absolute atomic E-state index is 12.7. The fourth-order valence-corrected chi connectivity index (χ4v) is 4.45. The SMILES string of the molecule is Cc1ccc(SCc2nn(CC(=O)Nc3cccc(C)c3)c(=S)n2-c2ccccc2)cc1. The van der Waals surface area contributed by atoms with Gasteiger partial charge < -0.3 is 5.32 Å². The van der Waals surface area contributed by atoms with Crippen molar-refractivity contribution in [1.29, 1.82) is 0 Å². The normalized spacial score (nSPS) is 10.8. The topological polar surface area (TPSA) is 51.9 Å². The summed E-state index contributed by atoms with van der Waals surface area (Å²) >= 11 is 7.41. The predicted molar refractivity (Wildman–Crippen MR) is 133 cm³/mol. The van der Waals surface area contributed by atoms with Gasteiger partial charge in [-0.3, -0.25) is 9.36 Å². The highest BCUT2D eigenvalue weighted by Crippen LogP contribution is 2.24. The van der Waals surface area contributed by atoms with Crippen LogP contribution >= 0.6 is 24.0 Å².